The van der Waals surface area contributed by atoms with Crippen LogP contribution in [-0.4, -0.2) is 22.9 Å². The van der Waals surface area contributed by atoms with E-state index in [9.17, 15) is 9.59 Å². The highest BCUT2D eigenvalue weighted by atomic mass is 32.2. The van der Waals surface area contributed by atoms with E-state index in [-0.39, 0.29) is 11.8 Å². The first-order valence-electron chi connectivity index (χ1n) is 8.71. The van der Waals surface area contributed by atoms with Crippen molar-refractivity contribution in [1.82, 2.24) is 4.98 Å². The fourth-order valence-electron chi connectivity index (χ4n) is 2.73. The average Bonchev–Trinajstić information content (AvgIpc) is 2.70. The second kappa shape index (κ2) is 7.74. The molecule has 4 rings (SSSR count). The van der Waals surface area contributed by atoms with Crippen LogP contribution in [0.15, 0.2) is 76.8 Å². The molecule has 0 spiro atoms. The van der Waals surface area contributed by atoms with Crippen LogP contribution in [-0.2, 0) is 4.79 Å². The Kier molecular flexibility index (Phi) is 4.99. The fourth-order valence-corrected chi connectivity index (χ4v) is 3.63. The molecule has 2 amide bonds. The molecule has 2 aromatic carbocycles. The number of benzene rings is 2. The molecule has 1 aliphatic heterocycles. The van der Waals surface area contributed by atoms with Crippen molar-refractivity contribution >= 4 is 35.0 Å². The summed E-state index contributed by atoms with van der Waals surface area (Å²) in [6.45, 7) is 1.68. The largest absolute Gasteiger partial charge is 0.479 e. The lowest BCUT2D eigenvalue weighted by molar-refractivity contribution is -0.122. The van der Waals surface area contributed by atoms with Crippen LogP contribution in [0, 0.1) is 0 Å². The van der Waals surface area contributed by atoms with Crippen LogP contribution >= 0.6 is 11.8 Å². The number of aromatic nitrogens is 1. The van der Waals surface area contributed by atoms with Crippen LogP contribution in [0.3, 0.4) is 0 Å². The van der Waals surface area contributed by atoms with Crippen molar-refractivity contribution in [3.63, 3.8) is 0 Å². The van der Waals surface area contributed by atoms with Gasteiger partial charge in [0.05, 0.1) is 11.3 Å². The summed E-state index contributed by atoms with van der Waals surface area (Å²) in [7, 11) is 0. The summed E-state index contributed by atoms with van der Waals surface area (Å²) in [5, 5.41) is 6.26. The lowest BCUT2D eigenvalue weighted by atomic mass is 10.2. The van der Waals surface area contributed by atoms with E-state index in [2.05, 4.69) is 15.6 Å². The monoisotopic (exact) mass is 391 g/mol. The van der Waals surface area contributed by atoms with Gasteiger partial charge in [0.25, 0.3) is 11.8 Å². The molecule has 1 aromatic heterocycles. The van der Waals surface area contributed by atoms with E-state index in [1.165, 1.54) is 11.8 Å². The van der Waals surface area contributed by atoms with E-state index in [0.29, 0.717) is 27.7 Å². The molecular weight excluding hydrogens is 374 g/mol. The average molecular weight is 391 g/mol. The van der Waals surface area contributed by atoms with Crippen molar-refractivity contribution in [1.29, 1.82) is 0 Å². The molecule has 0 aliphatic carbocycles. The van der Waals surface area contributed by atoms with Crippen LogP contribution in [0.5, 0.6) is 5.75 Å². The van der Waals surface area contributed by atoms with Crippen molar-refractivity contribution < 1.29 is 14.3 Å². The second-order valence-electron chi connectivity index (χ2n) is 6.19. The van der Waals surface area contributed by atoms with Gasteiger partial charge in [-0.25, -0.2) is 4.98 Å². The van der Waals surface area contributed by atoms with Crippen molar-refractivity contribution in [2.75, 3.05) is 10.6 Å². The van der Waals surface area contributed by atoms with Gasteiger partial charge in [0.1, 0.15) is 10.8 Å². The summed E-state index contributed by atoms with van der Waals surface area (Å²) < 4.78 is 5.54. The molecule has 3 aromatic rings. The molecule has 0 fully saturated rings. The van der Waals surface area contributed by atoms with Crippen LogP contribution in [0.4, 0.5) is 11.4 Å². The number of rotatable bonds is 4. The van der Waals surface area contributed by atoms with E-state index in [0.717, 1.165) is 4.90 Å². The number of hydrogen-bond donors (Lipinski definition) is 2. The highest BCUT2D eigenvalue weighted by Crippen LogP contribution is 2.33. The lowest BCUT2D eigenvalue weighted by Gasteiger charge is -2.23. The maximum Gasteiger partial charge on any atom is 0.265 e. The van der Waals surface area contributed by atoms with Crippen molar-refractivity contribution in [3.05, 3.63) is 72.4 Å². The summed E-state index contributed by atoms with van der Waals surface area (Å²) >= 11 is 1.43. The third-order valence-corrected chi connectivity index (χ3v) is 5.17. The number of fused-ring (bicyclic) bond motifs is 1. The Balaban J connectivity index is 1.55. The summed E-state index contributed by atoms with van der Waals surface area (Å²) in [6, 6.07) is 18.4. The molecule has 0 unspecified atom stereocenters. The number of ether oxygens (including phenoxy) is 1. The van der Waals surface area contributed by atoms with Gasteiger partial charge in [-0.3, -0.25) is 9.59 Å². The first-order valence-corrected chi connectivity index (χ1v) is 9.52. The van der Waals surface area contributed by atoms with Crippen LogP contribution in [0.25, 0.3) is 0 Å². The molecule has 6 nitrogen and oxygen atoms in total. The molecule has 7 heteroatoms. The van der Waals surface area contributed by atoms with Gasteiger partial charge in [0.15, 0.2) is 6.10 Å². The standard InChI is InChI=1S/C21H17N3O3S/c1-13-19(25)24-17-12-14(9-10-18(17)27-13)23-20(26)16-8-5-11-22-21(16)28-15-6-3-2-4-7-15/h2-13H,1H3,(H,23,26)(H,24,25)/t13-/m0/s1. The van der Waals surface area contributed by atoms with Crippen molar-refractivity contribution in [3.8, 4) is 5.75 Å². The number of nitrogens with zero attached hydrogens (tertiary/aromatic N) is 1. The van der Waals surface area contributed by atoms with Gasteiger partial charge in [-0.05, 0) is 49.4 Å². The van der Waals surface area contributed by atoms with Gasteiger partial charge in [0.2, 0.25) is 0 Å². The minimum Gasteiger partial charge on any atom is -0.479 e. The molecule has 0 radical (unpaired) electrons. The Hall–Kier alpha value is -3.32. The smallest absolute Gasteiger partial charge is 0.265 e. The maximum absolute atomic E-state index is 12.8. The Labute approximate surface area is 166 Å². The van der Waals surface area contributed by atoms with E-state index in [4.69, 9.17) is 4.74 Å². The number of nitrogens with one attached hydrogen (secondary N) is 2. The van der Waals surface area contributed by atoms with Gasteiger partial charge in [-0.15, -0.1) is 0 Å². The normalized spacial score (nSPS) is 15.2. The van der Waals surface area contributed by atoms with E-state index in [1.54, 1.807) is 43.5 Å². The molecule has 0 saturated heterocycles. The predicted molar refractivity (Wildman–Crippen MR) is 108 cm³/mol. The van der Waals surface area contributed by atoms with Gasteiger partial charge in [0, 0.05) is 16.8 Å². The summed E-state index contributed by atoms with van der Waals surface area (Å²) in [5.74, 6) is 0.0829. The van der Waals surface area contributed by atoms with Gasteiger partial charge < -0.3 is 15.4 Å². The minimum absolute atomic E-state index is 0.218. The zero-order chi connectivity index (χ0) is 19.5. The maximum atomic E-state index is 12.8. The van der Waals surface area contributed by atoms with Gasteiger partial charge in [-0.2, -0.15) is 0 Å². The number of anilines is 2. The molecular formula is C21H17N3O3S. The molecule has 0 bridgehead atoms. The molecule has 2 heterocycles. The molecule has 140 valence electrons. The summed E-state index contributed by atoms with van der Waals surface area (Å²) in [5.41, 5.74) is 1.57. The predicted octanol–water partition coefficient (Wildman–Crippen LogP) is 4.20. The summed E-state index contributed by atoms with van der Waals surface area (Å²) in [4.78, 5) is 30.0. The number of pyridine rings is 1. The fraction of sp³-hybridized carbons (Fsp3) is 0.0952. The van der Waals surface area contributed by atoms with Crippen molar-refractivity contribution in [2.24, 2.45) is 0 Å². The molecule has 1 atom stereocenters. The van der Waals surface area contributed by atoms with E-state index < -0.39 is 6.10 Å². The Morgan fingerprint density at radius 3 is 2.79 bits per heavy atom. The van der Waals surface area contributed by atoms with Gasteiger partial charge in [-0.1, -0.05) is 30.0 Å². The lowest BCUT2D eigenvalue weighted by Crippen LogP contribution is -2.34. The van der Waals surface area contributed by atoms with Crippen LogP contribution in [0.1, 0.15) is 17.3 Å². The summed E-state index contributed by atoms with van der Waals surface area (Å²) in [6.07, 6.45) is 1.12. The third kappa shape index (κ3) is 3.84. The minimum atomic E-state index is -0.541. The van der Waals surface area contributed by atoms with E-state index >= 15 is 0 Å². The second-order valence-corrected chi connectivity index (χ2v) is 7.25. The molecule has 0 saturated carbocycles. The first-order chi connectivity index (χ1) is 13.6. The highest BCUT2D eigenvalue weighted by Gasteiger charge is 2.24. The highest BCUT2D eigenvalue weighted by molar-refractivity contribution is 7.99. The van der Waals surface area contributed by atoms with Crippen LogP contribution < -0.4 is 15.4 Å². The van der Waals surface area contributed by atoms with Crippen molar-refractivity contribution in [2.45, 2.75) is 22.9 Å². The SMILES string of the molecule is C[C@@H]1Oc2ccc(NC(=O)c3cccnc3Sc3ccccc3)cc2NC1=O. The quantitative estimate of drug-likeness (QED) is 0.697. The molecule has 1 aliphatic rings. The third-order valence-electron chi connectivity index (χ3n) is 4.14. The topological polar surface area (TPSA) is 80.3 Å². The number of carbonyl (C=O) groups excluding carboxylic acids is 2. The van der Waals surface area contributed by atoms with Gasteiger partial charge >= 0.3 is 0 Å². The number of carbonyl (C=O) groups is 2. The number of amides is 2. The van der Waals surface area contributed by atoms with Crippen LogP contribution in [0.2, 0.25) is 0 Å². The molecule has 28 heavy (non-hydrogen) atoms. The zero-order valence-corrected chi connectivity index (χ0v) is 15.8. The Bertz CT molecular complexity index is 1040. The zero-order valence-electron chi connectivity index (χ0n) is 15.0. The molecule has 2 N–H and O–H groups in total. The number of hydrogen-bond acceptors (Lipinski definition) is 5. The Morgan fingerprint density at radius 1 is 1.14 bits per heavy atom. The van der Waals surface area contributed by atoms with E-state index in [1.807, 2.05) is 30.3 Å². The first kappa shape index (κ1) is 18.1. The Morgan fingerprint density at radius 2 is 1.96 bits per heavy atom.